The van der Waals surface area contributed by atoms with Crippen molar-refractivity contribution >= 4 is 28.7 Å². The Morgan fingerprint density at radius 3 is 2.61 bits per heavy atom. The molecule has 7 heteroatoms. The van der Waals surface area contributed by atoms with Crippen LogP contribution < -0.4 is 40.3 Å². The van der Waals surface area contributed by atoms with Crippen LogP contribution in [-0.4, -0.2) is 17.0 Å². The molecule has 0 bridgehead atoms. The summed E-state index contributed by atoms with van der Waals surface area (Å²) in [6, 6.07) is 7.49. The fourth-order valence-electron chi connectivity index (χ4n) is 1.33. The topological polar surface area (TPSA) is 96.6 Å². The Morgan fingerprint density at radius 1 is 1.28 bits per heavy atom. The minimum atomic E-state index is -1.65. The Balaban J connectivity index is 0.00000162. The number of carbonyl (C=O) groups excluding carboxylic acids is 1. The molecule has 0 aliphatic heterocycles. The molecule has 0 fully saturated rings. The van der Waals surface area contributed by atoms with E-state index in [1.807, 2.05) is 5.32 Å². The second-order valence-electron chi connectivity index (χ2n) is 3.23. The maximum atomic E-state index is 11.6. The first-order chi connectivity index (χ1) is 8.08. The van der Waals surface area contributed by atoms with Crippen molar-refractivity contribution in [1.29, 1.82) is 0 Å². The monoisotopic (exact) mass is 257 g/mol. The number of fused-ring (bicyclic) bond motifs is 1. The number of amides is 1. The zero-order chi connectivity index (χ0) is 12.4. The van der Waals surface area contributed by atoms with E-state index < -0.39 is 11.9 Å². The van der Waals surface area contributed by atoms with Gasteiger partial charge in [-0.25, -0.2) is 4.79 Å². The van der Waals surface area contributed by atoms with E-state index in [0.717, 1.165) is 6.07 Å². The van der Waals surface area contributed by atoms with E-state index in [0.29, 0.717) is 5.39 Å². The molecule has 0 saturated carbocycles. The summed E-state index contributed by atoms with van der Waals surface area (Å²) in [5.41, 5.74) is -0.0757. The van der Waals surface area contributed by atoms with Gasteiger partial charge in [0.25, 0.3) is 0 Å². The smallest absolute Gasteiger partial charge is 1.00 e. The van der Waals surface area contributed by atoms with Crippen molar-refractivity contribution in [3.8, 4) is 0 Å². The molecule has 0 aliphatic carbocycles. The molecule has 0 aliphatic rings. The SMILES string of the molecule is O=C(O)C(=O)Nc1cc(=O)c2ccccc2o1.[H-].[Na+]. The van der Waals surface area contributed by atoms with Crippen molar-refractivity contribution in [2.45, 2.75) is 0 Å². The number of anilines is 1. The average molecular weight is 257 g/mol. The van der Waals surface area contributed by atoms with Gasteiger partial charge in [-0.2, -0.15) is 0 Å². The molecule has 2 N–H and O–H groups in total. The van der Waals surface area contributed by atoms with Crippen LogP contribution in [0.1, 0.15) is 1.43 Å². The maximum absolute atomic E-state index is 11.6. The van der Waals surface area contributed by atoms with E-state index in [1.165, 1.54) is 0 Å². The van der Waals surface area contributed by atoms with Crippen LogP contribution in [0, 0.1) is 0 Å². The molecule has 88 valence electrons. The summed E-state index contributed by atoms with van der Waals surface area (Å²) in [6.45, 7) is 0. The Bertz CT molecular complexity index is 669. The molecule has 1 heterocycles. The summed E-state index contributed by atoms with van der Waals surface area (Å²) in [5.74, 6) is -3.11. The number of hydrogen-bond donors (Lipinski definition) is 2. The Hall–Kier alpha value is -1.63. The fraction of sp³-hybridized carbons (Fsp3) is 0. The number of aliphatic carboxylic acids is 1. The molecule has 6 nitrogen and oxygen atoms in total. The molecule has 2 rings (SSSR count). The van der Waals surface area contributed by atoms with Crippen molar-refractivity contribution in [3.63, 3.8) is 0 Å². The summed E-state index contributed by atoms with van der Waals surface area (Å²) >= 11 is 0. The third-order valence-electron chi connectivity index (χ3n) is 2.07. The molecule has 1 amide bonds. The van der Waals surface area contributed by atoms with Crippen LogP contribution in [0.15, 0.2) is 39.5 Å². The summed E-state index contributed by atoms with van der Waals surface area (Å²) in [7, 11) is 0. The number of rotatable bonds is 1. The summed E-state index contributed by atoms with van der Waals surface area (Å²) in [6.07, 6.45) is 0. The maximum Gasteiger partial charge on any atom is 1.00 e. The van der Waals surface area contributed by atoms with Gasteiger partial charge in [-0.3, -0.25) is 14.9 Å². The van der Waals surface area contributed by atoms with E-state index in [4.69, 9.17) is 9.52 Å². The van der Waals surface area contributed by atoms with Gasteiger partial charge in [-0.1, -0.05) is 12.1 Å². The number of nitrogens with one attached hydrogen (secondary N) is 1. The summed E-state index contributed by atoms with van der Waals surface area (Å²) in [4.78, 5) is 32.8. The number of carbonyl (C=O) groups is 2. The van der Waals surface area contributed by atoms with Crippen LogP contribution in [0.4, 0.5) is 5.88 Å². The van der Waals surface area contributed by atoms with Crippen LogP contribution in [0.25, 0.3) is 11.0 Å². The molecule has 0 atom stereocenters. The Morgan fingerprint density at radius 2 is 1.94 bits per heavy atom. The first-order valence-corrected chi connectivity index (χ1v) is 4.65. The van der Waals surface area contributed by atoms with Crippen LogP contribution >= 0.6 is 0 Å². The van der Waals surface area contributed by atoms with Gasteiger partial charge in [0.2, 0.25) is 5.88 Å². The quantitative estimate of drug-likeness (QED) is 0.452. The number of benzene rings is 1. The number of carboxylic acids is 1. The van der Waals surface area contributed by atoms with Crippen molar-refractivity contribution in [2.24, 2.45) is 0 Å². The van der Waals surface area contributed by atoms with Gasteiger partial charge in [0.05, 0.1) is 5.39 Å². The van der Waals surface area contributed by atoms with Gasteiger partial charge in [0, 0.05) is 6.07 Å². The van der Waals surface area contributed by atoms with E-state index in [-0.39, 0.29) is 47.9 Å². The number of para-hydroxylation sites is 1. The minimum Gasteiger partial charge on any atom is -1.00 e. The van der Waals surface area contributed by atoms with Gasteiger partial charge < -0.3 is 11.0 Å². The first-order valence-electron chi connectivity index (χ1n) is 4.65. The van der Waals surface area contributed by atoms with Gasteiger partial charge in [-0.15, -0.1) is 0 Å². The minimum absolute atomic E-state index is 0. The molecule has 0 unspecified atom stereocenters. The number of hydrogen-bond acceptors (Lipinski definition) is 4. The summed E-state index contributed by atoms with van der Waals surface area (Å²) < 4.78 is 5.17. The molecule has 1 aromatic carbocycles. The van der Waals surface area contributed by atoms with E-state index in [2.05, 4.69) is 0 Å². The standard InChI is InChI=1S/C11H7NO5.Na.H/c13-7-5-9(12-10(14)11(15)16)17-8-4-2-1-3-6(7)8;;/h1-5H,(H,12,14)(H,15,16);;/q;+1;-1. The van der Waals surface area contributed by atoms with Crippen LogP contribution in [-0.2, 0) is 9.59 Å². The fourth-order valence-corrected chi connectivity index (χ4v) is 1.33. The van der Waals surface area contributed by atoms with E-state index >= 15 is 0 Å². The second-order valence-corrected chi connectivity index (χ2v) is 3.23. The zero-order valence-electron chi connectivity index (χ0n) is 10.5. The first kappa shape index (κ1) is 14.4. The molecular formula is C11H8NNaO5. The van der Waals surface area contributed by atoms with Crippen molar-refractivity contribution in [2.75, 3.05) is 5.32 Å². The third kappa shape index (κ3) is 2.98. The predicted molar refractivity (Wildman–Crippen MR) is 59.9 cm³/mol. The molecule has 0 spiro atoms. The Kier molecular flexibility index (Phi) is 4.66. The molecule has 2 aromatic rings. The van der Waals surface area contributed by atoms with Gasteiger partial charge in [0.15, 0.2) is 5.43 Å². The Labute approximate surface area is 124 Å². The van der Waals surface area contributed by atoms with Crippen molar-refractivity contribution in [1.82, 2.24) is 0 Å². The molecule has 0 saturated heterocycles. The number of carboxylic acid groups (broad SMARTS) is 1. The summed E-state index contributed by atoms with van der Waals surface area (Å²) in [5, 5.41) is 10.7. The second kappa shape index (κ2) is 5.81. The normalized spacial score (nSPS) is 9.56. The average Bonchev–Trinajstić information content (AvgIpc) is 2.29. The van der Waals surface area contributed by atoms with Crippen molar-refractivity contribution in [3.05, 3.63) is 40.6 Å². The third-order valence-corrected chi connectivity index (χ3v) is 2.07. The van der Waals surface area contributed by atoms with Crippen LogP contribution in [0.2, 0.25) is 0 Å². The van der Waals surface area contributed by atoms with Crippen molar-refractivity contribution < 1.29 is 50.1 Å². The van der Waals surface area contributed by atoms with Gasteiger partial charge in [0.1, 0.15) is 5.58 Å². The predicted octanol–water partition coefficient (Wildman–Crippen LogP) is -2.07. The molecule has 18 heavy (non-hydrogen) atoms. The van der Waals surface area contributed by atoms with Gasteiger partial charge >= 0.3 is 41.4 Å². The zero-order valence-corrected chi connectivity index (χ0v) is 11.5. The van der Waals surface area contributed by atoms with Gasteiger partial charge in [-0.05, 0) is 12.1 Å². The molecule has 1 aromatic heterocycles. The largest absolute Gasteiger partial charge is 1.00 e. The van der Waals surface area contributed by atoms with E-state index in [9.17, 15) is 14.4 Å². The molecule has 0 radical (unpaired) electrons. The van der Waals surface area contributed by atoms with Crippen LogP contribution in [0.3, 0.4) is 0 Å². The van der Waals surface area contributed by atoms with E-state index in [1.54, 1.807) is 24.3 Å². The van der Waals surface area contributed by atoms with Crippen LogP contribution in [0.5, 0.6) is 0 Å². The molecular weight excluding hydrogens is 249 g/mol.